The summed E-state index contributed by atoms with van der Waals surface area (Å²) in [5, 5.41) is 29.3. The minimum atomic E-state index is -0.550. The molecule has 4 nitrogen and oxygen atoms in total. The number of rotatable bonds is 4. The van der Waals surface area contributed by atoms with Crippen molar-refractivity contribution in [2.45, 2.75) is 5.41 Å². The van der Waals surface area contributed by atoms with Crippen LogP contribution in [-0.2, 0) is 5.41 Å². The summed E-state index contributed by atoms with van der Waals surface area (Å²) in [6, 6.07) is 31.1. The number of halogens is 2. The lowest BCUT2D eigenvalue weighted by Gasteiger charge is -2.37. The molecule has 0 unspecified atom stereocenters. The zero-order valence-electron chi connectivity index (χ0n) is 21.7. The van der Waals surface area contributed by atoms with Crippen molar-refractivity contribution in [3.05, 3.63) is 161 Å². The molecule has 8 rings (SSSR count). The maximum Gasteiger partial charge on any atom is 0.0735 e. The fourth-order valence-electron chi connectivity index (χ4n) is 6.43. The second-order valence-electron chi connectivity index (χ2n) is 10.2. The molecule has 4 aromatic rings. The van der Waals surface area contributed by atoms with Gasteiger partial charge in [-0.3, -0.25) is 0 Å². The van der Waals surface area contributed by atoms with Crippen molar-refractivity contribution < 1.29 is 0 Å². The summed E-state index contributed by atoms with van der Waals surface area (Å²) in [4.78, 5) is 0. The Balaban J connectivity index is 1.40. The van der Waals surface area contributed by atoms with Crippen molar-refractivity contribution in [1.29, 1.82) is 0 Å². The third-order valence-corrected chi connectivity index (χ3v) is 11.7. The zero-order valence-corrected chi connectivity index (χ0v) is 26.0. The van der Waals surface area contributed by atoms with Crippen LogP contribution >= 0.6 is 41.5 Å². The highest BCUT2D eigenvalue weighted by Gasteiger charge is 2.53. The van der Waals surface area contributed by atoms with Crippen LogP contribution in [0.15, 0.2) is 129 Å². The third kappa shape index (κ3) is 3.71. The molecular weight excluding hydrogens is 734 g/mol. The minimum Gasteiger partial charge on any atom is -0.754 e. The first-order chi connectivity index (χ1) is 20.2. The summed E-state index contributed by atoms with van der Waals surface area (Å²) >= 11 is -0.503. The topological polar surface area (TPSA) is 52.6 Å². The number of nitrogens with zero attached hydrogens (tertiary/aromatic N) is 2. The van der Waals surface area contributed by atoms with Gasteiger partial charge in [0.2, 0.25) is 0 Å². The second-order valence-corrected chi connectivity index (χ2v) is 14.3. The van der Waals surface area contributed by atoms with Gasteiger partial charge in [-0.1, -0.05) is 90.0 Å². The van der Waals surface area contributed by atoms with Crippen molar-refractivity contribution in [1.82, 2.24) is 0 Å². The monoisotopic (exact) mass is 756 g/mol. The SMILES string of the molecule is [O-]N(c1ccccc1)c1ccc2c(c1)C1(C3=C2C=CI=C3)C2=C(C=CI=C2)c2ccc(N([O-])c3ccccc3)cc21. The number of anilines is 4. The van der Waals surface area contributed by atoms with Crippen molar-refractivity contribution >= 4 is 83.4 Å². The highest BCUT2D eigenvalue weighted by Crippen LogP contribution is 2.63. The molecule has 0 atom stereocenters. The fourth-order valence-corrected chi connectivity index (χ4v) is 10.3. The Labute approximate surface area is 258 Å². The Hall–Kier alpha value is -3.44. The van der Waals surface area contributed by atoms with Gasteiger partial charge in [0.05, 0.1) is 5.41 Å². The molecule has 4 aliphatic rings. The van der Waals surface area contributed by atoms with E-state index in [2.05, 4.69) is 52.6 Å². The Morgan fingerprint density at radius 3 is 1.39 bits per heavy atom. The standard InChI is InChI=1S/C35H22I2N2O2/c40-38(23-7-3-1-4-8-23)25-11-13-27-29-15-17-36-21-33(29)35(31(27)19-25)32-20-26(39(41)24-9-5-2-6-10-24)12-14-28(32)30-16-18-37-22-34(30)35/h1-22H/q-2. The summed E-state index contributed by atoms with van der Waals surface area (Å²) in [6.07, 6.45) is 4.56. The minimum absolute atomic E-state index is 0.251. The van der Waals surface area contributed by atoms with E-state index in [-0.39, 0.29) is 41.5 Å². The molecule has 0 saturated carbocycles. The molecule has 6 heteroatoms. The van der Waals surface area contributed by atoms with Gasteiger partial charge in [-0.25, -0.2) is 0 Å². The largest absolute Gasteiger partial charge is 0.754 e. The molecule has 0 N–H and O–H groups in total. The average molecular weight is 756 g/mol. The summed E-state index contributed by atoms with van der Waals surface area (Å²) in [6.45, 7) is 0. The molecule has 2 aliphatic heterocycles. The van der Waals surface area contributed by atoms with Gasteiger partial charge in [-0.2, -0.15) is 0 Å². The molecule has 1 spiro atoms. The van der Waals surface area contributed by atoms with E-state index >= 15 is 0 Å². The summed E-state index contributed by atoms with van der Waals surface area (Å²) in [5.74, 6) is 0. The van der Waals surface area contributed by atoms with E-state index in [1.807, 2.05) is 72.8 Å². The molecule has 41 heavy (non-hydrogen) atoms. The normalized spacial score (nSPS) is 17.0. The van der Waals surface area contributed by atoms with Crippen LogP contribution in [0.25, 0.3) is 11.1 Å². The van der Waals surface area contributed by atoms with E-state index < -0.39 is 5.41 Å². The molecule has 0 bridgehead atoms. The molecule has 0 aromatic heterocycles. The van der Waals surface area contributed by atoms with Crippen molar-refractivity contribution in [3.8, 4) is 0 Å². The highest BCUT2D eigenvalue weighted by atomic mass is 127. The maximum absolute atomic E-state index is 13.6. The third-order valence-electron chi connectivity index (χ3n) is 8.18. The van der Waals surface area contributed by atoms with Gasteiger partial charge in [0.1, 0.15) is 0 Å². The van der Waals surface area contributed by atoms with E-state index in [1.165, 1.54) is 22.3 Å². The Bertz CT molecular complexity index is 1780. The maximum atomic E-state index is 13.6. The van der Waals surface area contributed by atoms with Gasteiger partial charge >= 0.3 is 0 Å². The summed E-state index contributed by atoms with van der Waals surface area (Å²) in [7, 11) is 0. The lowest BCUT2D eigenvalue weighted by Crippen LogP contribution is -2.30. The van der Waals surface area contributed by atoms with Gasteiger partial charge < -0.3 is 20.5 Å². The van der Waals surface area contributed by atoms with E-state index in [4.69, 9.17) is 0 Å². The molecule has 0 radical (unpaired) electrons. The second kappa shape index (κ2) is 9.84. The van der Waals surface area contributed by atoms with Crippen molar-refractivity contribution in [3.63, 3.8) is 0 Å². The molecule has 200 valence electrons. The molecule has 2 heterocycles. The lowest BCUT2D eigenvalue weighted by molar-refractivity contribution is 0.809. The fraction of sp³-hybridized carbons (Fsp3) is 0.0286. The molecular formula is C35H22I2N2O2-2. The number of allylic oxidation sites excluding steroid dienone is 6. The Kier molecular flexibility index (Phi) is 6.07. The van der Waals surface area contributed by atoms with Gasteiger partial charge in [-0.15, -0.1) is 0 Å². The van der Waals surface area contributed by atoms with Crippen LogP contribution in [0.2, 0.25) is 0 Å². The van der Waals surface area contributed by atoms with Crippen LogP contribution in [0.1, 0.15) is 22.3 Å². The van der Waals surface area contributed by atoms with E-state index in [9.17, 15) is 10.4 Å². The predicted octanol–water partition coefficient (Wildman–Crippen LogP) is 9.38. The number of benzene rings is 4. The number of hydrogen-bond acceptors (Lipinski definition) is 4. The first kappa shape index (κ1) is 25.3. The van der Waals surface area contributed by atoms with E-state index in [0.717, 1.165) is 32.4 Å². The number of fused-ring (bicyclic) bond motifs is 8. The summed E-state index contributed by atoms with van der Waals surface area (Å²) < 4.78 is 9.52. The average Bonchev–Trinajstić information content (AvgIpc) is 3.51. The molecule has 0 fully saturated rings. The molecule has 2 aliphatic carbocycles. The zero-order chi connectivity index (χ0) is 27.6. The van der Waals surface area contributed by atoms with Crippen LogP contribution in [0, 0.1) is 10.4 Å². The highest BCUT2D eigenvalue weighted by molar-refractivity contribution is 14.2. The first-order valence-corrected chi connectivity index (χ1v) is 18.2. The van der Waals surface area contributed by atoms with Crippen molar-refractivity contribution in [2.24, 2.45) is 0 Å². The van der Waals surface area contributed by atoms with Crippen LogP contribution in [0.5, 0.6) is 0 Å². The quantitative estimate of drug-likeness (QED) is 0.154. The first-order valence-electron chi connectivity index (χ1n) is 13.3. The predicted molar refractivity (Wildman–Crippen MR) is 190 cm³/mol. The Morgan fingerprint density at radius 1 is 0.512 bits per heavy atom. The van der Waals surface area contributed by atoms with Crippen molar-refractivity contribution in [2.75, 3.05) is 10.1 Å². The van der Waals surface area contributed by atoms with Gasteiger partial charge in [0.15, 0.2) is 0 Å². The number of hydrogen-bond donors (Lipinski definition) is 0. The molecule has 4 aromatic carbocycles. The molecule has 0 amide bonds. The van der Waals surface area contributed by atoms with Gasteiger partial charge in [0.25, 0.3) is 0 Å². The van der Waals surface area contributed by atoms with Gasteiger partial charge in [0, 0.05) is 22.7 Å². The Morgan fingerprint density at radius 2 is 0.951 bits per heavy atom. The van der Waals surface area contributed by atoms with Crippen LogP contribution in [0.3, 0.4) is 0 Å². The number of para-hydroxylation sites is 2. The van der Waals surface area contributed by atoms with Crippen LogP contribution in [0.4, 0.5) is 22.7 Å². The van der Waals surface area contributed by atoms with Crippen LogP contribution < -0.4 is 10.1 Å². The van der Waals surface area contributed by atoms with E-state index in [0.29, 0.717) is 22.7 Å². The lowest BCUT2D eigenvalue weighted by atomic mass is 9.69. The smallest absolute Gasteiger partial charge is 0.0735 e. The van der Waals surface area contributed by atoms with Crippen LogP contribution in [-0.4, -0.2) is 8.02 Å². The molecule has 0 saturated heterocycles. The van der Waals surface area contributed by atoms with E-state index in [1.54, 1.807) is 0 Å². The summed E-state index contributed by atoms with van der Waals surface area (Å²) in [5.41, 5.74) is 11.5. The van der Waals surface area contributed by atoms with Gasteiger partial charge in [-0.05, 0) is 121 Å².